The molecule has 0 unspecified atom stereocenters. The number of hydrogen-bond donors (Lipinski definition) is 6. The number of phenolic OH excluding ortho intramolecular Hbond substituents is 2. The van der Waals surface area contributed by atoms with Crippen LogP contribution >= 0.6 is 0 Å². The van der Waals surface area contributed by atoms with Crippen molar-refractivity contribution in [3.63, 3.8) is 0 Å². The molecule has 1 fully saturated rings. The fraction of sp³-hybridized carbons (Fsp3) is 0.444. The Balaban J connectivity index is 1.68. The van der Waals surface area contributed by atoms with Crippen LogP contribution in [0.1, 0.15) is 69.3 Å². The molecule has 0 spiro atoms. The van der Waals surface area contributed by atoms with Gasteiger partial charge in [-0.25, -0.2) is 0 Å². The number of carbonyl (C=O) groups is 3. The van der Waals surface area contributed by atoms with Crippen LogP contribution in [0.2, 0.25) is 0 Å². The molecule has 0 radical (unpaired) electrons. The molecule has 5 rings (SSSR count). The Morgan fingerprint density at radius 2 is 1.61 bits per heavy atom. The van der Waals surface area contributed by atoms with Gasteiger partial charge in [0, 0.05) is 41.0 Å². The van der Waals surface area contributed by atoms with Gasteiger partial charge >= 0.3 is 0 Å². The molecule has 3 aliphatic rings. The Morgan fingerprint density at radius 3 is 2.18 bits per heavy atom. The van der Waals surface area contributed by atoms with E-state index in [2.05, 4.69) is 0 Å². The lowest BCUT2D eigenvalue weighted by Crippen LogP contribution is -2.54. The van der Waals surface area contributed by atoms with E-state index in [1.54, 1.807) is 19.1 Å². The number of hydrogen-bond acceptors (Lipinski definition) is 11. The van der Waals surface area contributed by atoms with E-state index in [0.29, 0.717) is 0 Å². The molecule has 38 heavy (non-hydrogen) atoms. The molecule has 0 saturated carbocycles. The number of Topliss-reactive ketones (excluding diaryl/α,β-unsaturated/α-hetero) is 1. The topological polar surface area (TPSA) is 191 Å². The molecule has 1 saturated heterocycles. The second-order valence-corrected chi connectivity index (χ2v) is 10.2. The van der Waals surface area contributed by atoms with E-state index in [4.69, 9.17) is 9.47 Å². The lowest BCUT2D eigenvalue weighted by molar-refractivity contribution is -0.290. The molecule has 1 aliphatic heterocycles. The summed E-state index contributed by atoms with van der Waals surface area (Å²) in [5.41, 5.74) is -3.41. The number of fused-ring (bicyclic) bond motifs is 3. The van der Waals surface area contributed by atoms with E-state index in [0.717, 1.165) is 0 Å². The van der Waals surface area contributed by atoms with Gasteiger partial charge in [-0.05, 0) is 6.92 Å². The van der Waals surface area contributed by atoms with Gasteiger partial charge in [-0.15, -0.1) is 0 Å². The zero-order valence-electron chi connectivity index (χ0n) is 20.6. The van der Waals surface area contributed by atoms with Gasteiger partial charge in [-0.2, -0.15) is 0 Å². The Bertz CT molecular complexity index is 1350. The van der Waals surface area contributed by atoms with Crippen molar-refractivity contribution in [1.29, 1.82) is 0 Å². The number of aliphatic hydroxyl groups excluding tert-OH is 3. The SMILES string of the molecule is C[C@H]1[C@H](O[C@H]2C[C@](O)(C(=O)CO)Cc3c(O)c4c(c(O)c32)C(=O)c2ccccc2C4=O)O[C@@H](C)[C@H](O)[C@H]1O. The smallest absolute Gasteiger partial charge is 0.198 e. The lowest BCUT2D eigenvalue weighted by atomic mass is 9.72. The first-order chi connectivity index (χ1) is 17.9. The molecule has 2 aliphatic carbocycles. The predicted molar refractivity (Wildman–Crippen MR) is 128 cm³/mol. The van der Waals surface area contributed by atoms with Crippen LogP contribution in [0.15, 0.2) is 24.3 Å². The number of aliphatic hydroxyl groups is 4. The molecule has 2 aromatic carbocycles. The summed E-state index contributed by atoms with van der Waals surface area (Å²) < 4.78 is 11.8. The van der Waals surface area contributed by atoms with Crippen LogP contribution in [-0.2, 0) is 20.7 Å². The third kappa shape index (κ3) is 3.77. The third-order valence-corrected chi connectivity index (χ3v) is 7.88. The van der Waals surface area contributed by atoms with Crippen LogP contribution in [0, 0.1) is 5.92 Å². The maximum atomic E-state index is 13.4. The molecule has 0 bridgehead atoms. The van der Waals surface area contributed by atoms with Gasteiger partial charge in [-0.1, -0.05) is 31.2 Å². The summed E-state index contributed by atoms with van der Waals surface area (Å²) in [6.07, 6.45) is -6.94. The summed E-state index contributed by atoms with van der Waals surface area (Å²) in [6, 6.07) is 5.94. The molecule has 1 heterocycles. The molecule has 202 valence electrons. The van der Waals surface area contributed by atoms with E-state index in [1.807, 2.05) is 0 Å². The van der Waals surface area contributed by atoms with E-state index >= 15 is 0 Å². The minimum absolute atomic E-state index is 0.0240. The van der Waals surface area contributed by atoms with Crippen LogP contribution in [0.3, 0.4) is 0 Å². The summed E-state index contributed by atoms with van der Waals surface area (Å²) >= 11 is 0. The van der Waals surface area contributed by atoms with E-state index in [-0.39, 0.29) is 22.3 Å². The number of carbonyl (C=O) groups excluding carboxylic acids is 3. The normalized spacial score (nSPS) is 32.4. The fourth-order valence-corrected chi connectivity index (χ4v) is 5.64. The van der Waals surface area contributed by atoms with Crippen molar-refractivity contribution in [3.8, 4) is 11.5 Å². The van der Waals surface area contributed by atoms with Crippen molar-refractivity contribution in [1.82, 2.24) is 0 Å². The number of phenols is 2. The standard InChI is InChI=1S/C27H28O11/c1-10-20(30)21(31)11(2)37-26(10)38-15-8-27(36,16(29)9-28)7-14-17(15)25(35)19-18(24(14)34)22(32)12-5-3-4-6-13(12)23(19)33/h3-6,10-11,15,20-21,26,28,30-31,34-36H,7-9H2,1-2H3/t10-,11+,15+,20+,21+,26+,27+/m1/s1. The van der Waals surface area contributed by atoms with Gasteiger partial charge in [0.2, 0.25) is 0 Å². The highest BCUT2D eigenvalue weighted by molar-refractivity contribution is 6.30. The number of ketones is 3. The van der Waals surface area contributed by atoms with E-state index in [9.17, 15) is 45.0 Å². The fourth-order valence-electron chi connectivity index (χ4n) is 5.64. The summed E-state index contributed by atoms with van der Waals surface area (Å²) in [7, 11) is 0. The van der Waals surface area contributed by atoms with Crippen molar-refractivity contribution in [3.05, 3.63) is 57.6 Å². The van der Waals surface area contributed by atoms with Gasteiger partial charge in [0.25, 0.3) is 0 Å². The number of benzene rings is 2. The third-order valence-electron chi connectivity index (χ3n) is 7.88. The zero-order valence-corrected chi connectivity index (χ0v) is 20.6. The molecule has 2 aromatic rings. The monoisotopic (exact) mass is 528 g/mol. The molecule has 0 aromatic heterocycles. The molecule has 6 N–H and O–H groups in total. The largest absolute Gasteiger partial charge is 0.507 e. The number of aromatic hydroxyl groups is 2. The van der Waals surface area contributed by atoms with E-state index < -0.39 is 102 Å². The molecule has 11 nitrogen and oxygen atoms in total. The Kier molecular flexibility index (Phi) is 6.41. The summed E-state index contributed by atoms with van der Waals surface area (Å²) in [5, 5.41) is 64.0. The van der Waals surface area contributed by atoms with Crippen molar-refractivity contribution < 1.29 is 54.5 Å². The first-order valence-corrected chi connectivity index (χ1v) is 12.2. The maximum Gasteiger partial charge on any atom is 0.198 e. The number of rotatable bonds is 4. The van der Waals surface area contributed by atoms with Crippen LogP contribution in [0.5, 0.6) is 11.5 Å². The molecular formula is C27H28O11. The Labute approximate surface area is 216 Å². The van der Waals surface area contributed by atoms with Gasteiger partial charge in [0.05, 0.1) is 29.4 Å². The average Bonchev–Trinajstić information content (AvgIpc) is 2.90. The molecule has 0 amide bonds. The average molecular weight is 529 g/mol. The van der Waals surface area contributed by atoms with Crippen molar-refractivity contribution >= 4 is 17.3 Å². The van der Waals surface area contributed by atoms with E-state index in [1.165, 1.54) is 19.1 Å². The van der Waals surface area contributed by atoms with Gasteiger partial charge in [0.1, 0.15) is 29.8 Å². The Morgan fingerprint density at radius 1 is 1.03 bits per heavy atom. The van der Waals surface area contributed by atoms with Crippen molar-refractivity contribution in [2.75, 3.05) is 6.61 Å². The zero-order chi connectivity index (χ0) is 27.7. The van der Waals surface area contributed by atoms with Crippen molar-refractivity contribution in [2.24, 2.45) is 5.92 Å². The van der Waals surface area contributed by atoms with Gasteiger partial charge in [-0.3, -0.25) is 14.4 Å². The molecular weight excluding hydrogens is 500 g/mol. The maximum absolute atomic E-state index is 13.4. The second kappa shape index (κ2) is 9.23. The number of ether oxygens (including phenoxy) is 2. The second-order valence-electron chi connectivity index (χ2n) is 10.2. The highest BCUT2D eigenvalue weighted by Crippen LogP contribution is 2.52. The van der Waals surface area contributed by atoms with Crippen LogP contribution in [0.4, 0.5) is 0 Å². The minimum atomic E-state index is -2.26. The molecule has 7 atom stereocenters. The van der Waals surface area contributed by atoms with Gasteiger partial charge in [0.15, 0.2) is 23.6 Å². The quantitative estimate of drug-likeness (QED) is 0.255. The molecule has 11 heteroatoms. The first kappa shape index (κ1) is 26.4. The predicted octanol–water partition coefficient (Wildman–Crippen LogP) is 0.272. The highest BCUT2D eigenvalue weighted by atomic mass is 16.7. The summed E-state index contributed by atoms with van der Waals surface area (Å²) in [6.45, 7) is 2.03. The lowest BCUT2D eigenvalue weighted by Gasteiger charge is -2.44. The summed E-state index contributed by atoms with van der Waals surface area (Å²) in [5.74, 6) is -4.55. The first-order valence-electron chi connectivity index (χ1n) is 12.2. The van der Waals surface area contributed by atoms with Crippen molar-refractivity contribution in [2.45, 2.75) is 63.0 Å². The Hall–Kier alpha value is -3.19. The minimum Gasteiger partial charge on any atom is -0.507 e. The van der Waals surface area contributed by atoms with Crippen LogP contribution < -0.4 is 0 Å². The highest BCUT2D eigenvalue weighted by Gasteiger charge is 2.50. The van der Waals surface area contributed by atoms with Crippen LogP contribution in [0.25, 0.3) is 0 Å². The van der Waals surface area contributed by atoms with Crippen LogP contribution in [-0.4, -0.2) is 84.8 Å². The van der Waals surface area contributed by atoms with Gasteiger partial charge < -0.3 is 40.1 Å². The summed E-state index contributed by atoms with van der Waals surface area (Å²) in [4.78, 5) is 39.3.